The van der Waals surface area contributed by atoms with Crippen LogP contribution in [0, 0.1) is 0 Å². The third-order valence-corrected chi connectivity index (χ3v) is 5.99. The van der Waals surface area contributed by atoms with Gasteiger partial charge in [-0.3, -0.25) is 9.59 Å². The summed E-state index contributed by atoms with van der Waals surface area (Å²) in [4.78, 5) is 41.0. The van der Waals surface area contributed by atoms with Gasteiger partial charge in [-0.1, -0.05) is 60.3 Å². The fourth-order valence-electron chi connectivity index (χ4n) is 3.33. The molecule has 0 bridgehead atoms. The number of alkyl carbamates (subject to hydrolysis) is 1. The molecule has 1 aliphatic rings. The molecule has 1 fully saturated rings. The molecule has 0 aromatic heterocycles. The SMILES string of the molecule is CC(C)(C)OC(=O)N[C@@H](Cc1ccccc1)C(=O)N1CCC(=O)[C@@H]1Sc1ccccc1. The van der Waals surface area contributed by atoms with Crippen LogP contribution in [0.1, 0.15) is 32.8 Å². The van der Waals surface area contributed by atoms with Crippen molar-refractivity contribution in [1.29, 1.82) is 0 Å². The van der Waals surface area contributed by atoms with E-state index in [4.69, 9.17) is 4.74 Å². The second-order valence-corrected chi connectivity index (χ2v) is 9.57. The number of carbonyl (C=O) groups excluding carboxylic acids is 3. The minimum atomic E-state index is -0.831. The van der Waals surface area contributed by atoms with Crippen LogP contribution in [0.25, 0.3) is 0 Å². The molecule has 7 heteroatoms. The van der Waals surface area contributed by atoms with Crippen LogP contribution in [-0.2, 0) is 20.7 Å². The lowest BCUT2D eigenvalue weighted by molar-refractivity contribution is -0.134. The summed E-state index contributed by atoms with van der Waals surface area (Å²) in [6.07, 6.45) is -0.0351. The zero-order valence-electron chi connectivity index (χ0n) is 18.0. The van der Waals surface area contributed by atoms with Gasteiger partial charge in [0, 0.05) is 24.3 Å². The smallest absolute Gasteiger partial charge is 0.408 e. The van der Waals surface area contributed by atoms with E-state index >= 15 is 0 Å². The quantitative estimate of drug-likeness (QED) is 0.734. The highest BCUT2D eigenvalue weighted by Crippen LogP contribution is 2.31. The number of benzene rings is 2. The van der Waals surface area contributed by atoms with E-state index in [9.17, 15) is 14.4 Å². The minimum absolute atomic E-state index is 0.0120. The van der Waals surface area contributed by atoms with Gasteiger partial charge in [-0.15, -0.1) is 0 Å². The van der Waals surface area contributed by atoms with Crippen molar-refractivity contribution in [2.45, 2.75) is 55.5 Å². The maximum atomic E-state index is 13.5. The molecule has 2 amide bonds. The first-order chi connectivity index (χ1) is 14.7. The number of hydrogen-bond acceptors (Lipinski definition) is 5. The number of nitrogens with one attached hydrogen (secondary N) is 1. The molecular weight excluding hydrogens is 412 g/mol. The molecule has 2 aromatic carbocycles. The van der Waals surface area contributed by atoms with Crippen molar-refractivity contribution in [3.63, 3.8) is 0 Å². The van der Waals surface area contributed by atoms with Crippen molar-refractivity contribution in [1.82, 2.24) is 10.2 Å². The highest BCUT2D eigenvalue weighted by Gasteiger charge is 2.39. The van der Waals surface area contributed by atoms with E-state index in [0.29, 0.717) is 19.4 Å². The van der Waals surface area contributed by atoms with Gasteiger partial charge < -0.3 is 15.0 Å². The molecule has 1 N–H and O–H groups in total. The number of rotatable bonds is 6. The maximum absolute atomic E-state index is 13.5. The van der Waals surface area contributed by atoms with Crippen LogP contribution in [0.5, 0.6) is 0 Å². The van der Waals surface area contributed by atoms with Crippen LogP contribution in [0.3, 0.4) is 0 Å². The van der Waals surface area contributed by atoms with Crippen molar-refractivity contribution < 1.29 is 19.1 Å². The number of carbonyl (C=O) groups is 3. The Morgan fingerprint density at radius 1 is 1.10 bits per heavy atom. The Bertz CT molecular complexity index is 912. The van der Waals surface area contributed by atoms with E-state index in [-0.39, 0.29) is 11.7 Å². The summed E-state index contributed by atoms with van der Waals surface area (Å²) in [5.41, 5.74) is 0.231. The monoisotopic (exact) mass is 440 g/mol. The average Bonchev–Trinajstić information content (AvgIpc) is 3.07. The second kappa shape index (κ2) is 10.0. The van der Waals surface area contributed by atoms with Crippen molar-refractivity contribution in [3.8, 4) is 0 Å². The summed E-state index contributed by atoms with van der Waals surface area (Å²) in [5.74, 6) is -0.271. The third-order valence-electron chi connectivity index (χ3n) is 4.70. The molecule has 6 nitrogen and oxygen atoms in total. The molecule has 0 saturated carbocycles. The number of ether oxygens (including phenoxy) is 1. The molecular formula is C24H28N2O4S. The van der Waals surface area contributed by atoms with Crippen LogP contribution in [0.4, 0.5) is 4.79 Å². The lowest BCUT2D eigenvalue weighted by atomic mass is 10.0. The van der Waals surface area contributed by atoms with Crippen LogP contribution in [-0.4, -0.2) is 46.2 Å². The van der Waals surface area contributed by atoms with Crippen molar-refractivity contribution in [3.05, 3.63) is 66.2 Å². The summed E-state index contributed by atoms with van der Waals surface area (Å²) >= 11 is 1.36. The molecule has 0 spiro atoms. The average molecular weight is 441 g/mol. The van der Waals surface area contributed by atoms with Gasteiger partial charge in [0.15, 0.2) is 5.78 Å². The zero-order valence-corrected chi connectivity index (χ0v) is 18.9. The number of nitrogens with zero attached hydrogens (tertiary/aromatic N) is 1. The Balaban J connectivity index is 1.79. The molecule has 31 heavy (non-hydrogen) atoms. The van der Waals surface area contributed by atoms with E-state index < -0.39 is 23.1 Å². The fraction of sp³-hybridized carbons (Fsp3) is 0.375. The molecule has 1 aliphatic heterocycles. The molecule has 1 saturated heterocycles. The second-order valence-electron chi connectivity index (χ2n) is 8.42. The Hall–Kier alpha value is -2.80. The van der Waals surface area contributed by atoms with Crippen LogP contribution in [0.15, 0.2) is 65.6 Å². The van der Waals surface area contributed by atoms with E-state index in [1.165, 1.54) is 11.8 Å². The summed E-state index contributed by atoms with van der Waals surface area (Å²) in [5, 5.41) is 2.12. The van der Waals surface area contributed by atoms with Gasteiger partial charge in [-0.05, 0) is 38.5 Å². The summed E-state index contributed by atoms with van der Waals surface area (Å²) in [6, 6.07) is 18.2. The summed E-state index contributed by atoms with van der Waals surface area (Å²) < 4.78 is 5.37. The summed E-state index contributed by atoms with van der Waals surface area (Å²) in [6.45, 7) is 5.65. The lowest BCUT2D eigenvalue weighted by Crippen LogP contribution is -2.52. The number of ketones is 1. The van der Waals surface area contributed by atoms with Crippen LogP contribution < -0.4 is 5.32 Å². The molecule has 0 aliphatic carbocycles. The van der Waals surface area contributed by atoms with E-state index in [2.05, 4.69) is 5.32 Å². The van der Waals surface area contributed by atoms with Crippen LogP contribution >= 0.6 is 11.8 Å². The number of hydrogen-bond donors (Lipinski definition) is 1. The third kappa shape index (κ3) is 6.59. The number of Topliss-reactive ketones (excluding diaryl/α,β-unsaturated/α-hetero) is 1. The number of likely N-dealkylation sites (tertiary alicyclic amines) is 1. The highest BCUT2D eigenvalue weighted by atomic mass is 32.2. The normalized spacial score (nSPS) is 17.3. The first kappa shape index (κ1) is 22.9. The number of amides is 2. The predicted molar refractivity (Wildman–Crippen MR) is 121 cm³/mol. The highest BCUT2D eigenvalue weighted by molar-refractivity contribution is 8.00. The van der Waals surface area contributed by atoms with Crippen molar-refractivity contribution in [2.24, 2.45) is 0 Å². The molecule has 2 aromatic rings. The van der Waals surface area contributed by atoms with Gasteiger partial charge in [0.2, 0.25) is 5.91 Å². The van der Waals surface area contributed by atoms with E-state index in [1.807, 2.05) is 60.7 Å². The Morgan fingerprint density at radius 3 is 2.32 bits per heavy atom. The van der Waals surface area contributed by atoms with Gasteiger partial charge in [-0.25, -0.2) is 4.79 Å². The molecule has 0 unspecified atom stereocenters. The van der Waals surface area contributed by atoms with Crippen molar-refractivity contribution >= 4 is 29.5 Å². The van der Waals surface area contributed by atoms with E-state index in [1.54, 1.807) is 25.7 Å². The van der Waals surface area contributed by atoms with Gasteiger partial charge in [0.05, 0.1) is 0 Å². The molecule has 1 heterocycles. The number of thioether (sulfide) groups is 1. The predicted octanol–water partition coefficient (Wildman–Crippen LogP) is 4.04. The first-order valence-corrected chi connectivity index (χ1v) is 11.2. The van der Waals surface area contributed by atoms with Gasteiger partial charge >= 0.3 is 6.09 Å². The Morgan fingerprint density at radius 2 is 1.71 bits per heavy atom. The summed E-state index contributed by atoms with van der Waals surface area (Å²) in [7, 11) is 0. The maximum Gasteiger partial charge on any atom is 0.408 e. The van der Waals surface area contributed by atoms with Crippen molar-refractivity contribution in [2.75, 3.05) is 6.54 Å². The molecule has 2 atom stereocenters. The minimum Gasteiger partial charge on any atom is -0.444 e. The van der Waals surface area contributed by atoms with Gasteiger partial charge in [0.25, 0.3) is 0 Å². The Kier molecular flexibility index (Phi) is 7.38. The van der Waals surface area contributed by atoms with Gasteiger partial charge in [-0.2, -0.15) is 0 Å². The van der Waals surface area contributed by atoms with Crippen LogP contribution in [0.2, 0.25) is 0 Å². The topological polar surface area (TPSA) is 75.7 Å². The van der Waals surface area contributed by atoms with Gasteiger partial charge in [0.1, 0.15) is 17.0 Å². The lowest BCUT2D eigenvalue weighted by Gasteiger charge is -2.29. The van der Waals surface area contributed by atoms with E-state index in [0.717, 1.165) is 10.5 Å². The zero-order chi connectivity index (χ0) is 22.4. The molecule has 3 rings (SSSR count). The fourth-order valence-corrected chi connectivity index (χ4v) is 4.49. The molecule has 164 valence electrons. The standard InChI is InChI=1S/C24H28N2O4S/c1-24(2,3)30-23(29)25-19(16-17-10-6-4-7-11-17)21(28)26-15-14-20(27)22(26)31-18-12-8-5-9-13-18/h4-13,19,22H,14-16H2,1-3H3,(H,25,29)/t19-,22-/m0/s1. The Labute approximate surface area is 187 Å². The largest absolute Gasteiger partial charge is 0.444 e. The molecule has 0 radical (unpaired) electrons. The first-order valence-electron chi connectivity index (χ1n) is 10.3.